The molecule has 0 radical (unpaired) electrons. The normalized spacial score (nSPS) is 24.5. The third-order valence-corrected chi connectivity index (χ3v) is 3.93. The lowest BCUT2D eigenvalue weighted by molar-refractivity contribution is -0.127. The van der Waals surface area contributed by atoms with Crippen molar-refractivity contribution in [3.8, 4) is 0 Å². The van der Waals surface area contributed by atoms with Gasteiger partial charge in [0.15, 0.2) is 0 Å². The zero-order valence-electron chi connectivity index (χ0n) is 11.1. The molecular weight excluding hydrogens is 256 g/mol. The molecule has 5 nitrogen and oxygen atoms in total. The number of nitrogens with zero attached hydrogens (tertiary/aromatic N) is 2. The number of likely N-dealkylation sites (tertiary alicyclic amines) is 1. The van der Waals surface area contributed by atoms with Gasteiger partial charge in [-0.3, -0.25) is 19.3 Å². The van der Waals surface area contributed by atoms with Crippen LogP contribution in [0.25, 0.3) is 0 Å². The minimum absolute atomic E-state index is 0.164. The zero-order chi connectivity index (χ0) is 14.1. The van der Waals surface area contributed by atoms with Gasteiger partial charge in [0.05, 0.1) is 18.2 Å². The van der Waals surface area contributed by atoms with Crippen LogP contribution in [0.5, 0.6) is 0 Å². The molecule has 1 atom stereocenters. The molecule has 0 unspecified atom stereocenters. The summed E-state index contributed by atoms with van der Waals surface area (Å²) in [5, 5.41) is 0. The number of amides is 2. The van der Waals surface area contributed by atoms with Crippen LogP contribution < -0.4 is 4.90 Å². The number of carbonyl (C=O) groups excluding carboxylic acids is 3. The molecular formula is C15H16N2O3. The smallest absolute Gasteiger partial charge is 0.251 e. The van der Waals surface area contributed by atoms with Crippen molar-refractivity contribution >= 4 is 23.3 Å². The van der Waals surface area contributed by atoms with Crippen LogP contribution in [0.4, 0.5) is 5.69 Å². The molecule has 0 bridgehead atoms. The number of hydrogen-bond donors (Lipinski definition) is 0. The van der Waals surface area contributed by atoms with Gasteiger partial charge in [-0.05, 0) is 12.1 Å². The Hall–Kier alpha value is -2.01. The van der Waals surface area contributed by atoms with Gasteiger partial charge in [0.1, 0.15) is 5.78 Å². The Morgan fingerprint density at radius 2 is 1.60 bits per heavy atom. The molecule has 3 rings (SSSR count). The molecule has 20 heavy (non-hydrogen) atoms. The highest BCUT2D eigenvalue weighted by Crippen LogP contribution is 2.26. The van der Waals surface area contributed by atoms with Crippen molar-refractivity contribution in [2.24, 2.45) is 0 Å². The van der Waals surface area contributed by atoms with E-state index >= 15 is 0 Å². The Labute approximate surface area is 117 Å². The number of para-hydroxylation sites is 1. The van der Waals surface area contributed by atoms with Gasteiger partial charge in [-0.15, -0.1) is 0 Å². The molecule has 1 aromatic carbocycles. The average Bonchev–Trinajstić information content (AvgIpc) is 2.76. The molecule has 2 amide bonds. The predicted octanol–water partition coefficient (Wildman–Crippen LogP) is 0.983. The first-order valence-corrected chi connectivity index (χ1v) is 6.84. The Bertz CT molecular complexity index is 545. The van der Waals surface area contributed by atoms with E-state index in [0.29, 0.717) is 31.6 Å². The van der Waals surface area contributed by atoms with Crippen molar-refractivity contribution < 1.29 is 14.4 Å². The molecule has 2 heterocycles. The molecule has 104 valence electrons. The van der Waals surface area contributed by atoms with Crippen molar-refractivity contribution in [1.82, 2.24) is 4.90 Å². The van der Waals surface area contributed by atoms with Gasteiger partial charge in [0.2, 0.25) is 5.91 Å². The largest absolute Gasteiger partial charge is 0.300 e. The molecule has 0 saturated carbocycles. The summed E-state index contributed by atoms with van der Waals surface area (Å²) < 4.78 is 0. The highest BCUT2D eigenvalue weighted by molar-refractivity contribution is 6.22. The number of ketones is 1. The Morgan fingerprint density at radius 1 is 0.950 bits per heavy atom. The van der Waals surface area contributed by atoms with Crippen LogP contribution in [0.3, 0.4) is 0 Å². The molecule has 0 aliphatic carbocycles. The van der Waals surface area contributed by atoms with E-state index < -0.39 is 6.04 Å². The zero-order valence-corrected chi connectivity index (χ0v) is 11.1. The number of hydrogen-bond acceptors (Lipinski definition) is 4. The first-order valence-electron chi connectivity index (χ1n) is 6.84. The summed E-state index contributed by atoms with van der Waals surface area (Å²) in [6.07, 6.45) is 1.16. The van der Waals surface area contributed by atoms with Gasteiger partial charge >= 0.3 is 0 Å². The third kappa shape index (κ3) is 2.25. The van der Waals surface area contributed by atoms with Crippen molar-refractivity contribution in [2.75, 3.05) is 18.0 Å². The lowest BCUT2D eigenvalue weighted by atomic mass is 10.1. The van der Waals surface area contributed by atoms with E-state index in [0.717, 1.165) is 0 Å². The van der Waals surface area contributed by atoms with Crippen LogP contribution in [-0.2, 0) is 14.4 Å². The van der Waals surface area contributed by atoms with E-state index in [1.165, 1.54) is 4.90 Å². The molecule has 2 saturated heterocycles. The minimum Gasteiger partial charge on any atom is -0.300 e. The number of rotatable bonds is 2. The summed E-state index contributed by atoms with van der Waals surface area (Å²) in [7, 11) is 0. The lowest BCUT2D eigenvalue weighted by Crippen LogP contribution is -2.46. The van der Waals surface area contributed by atoms with Crippen LogP contribution in [0, 0.1) is 0 Å². The molecule has 2 aliphatic rings. The van der Waals surface area contributed by atoms with Crippen molar-refractivity contribution in [3.63, 3.8) is 0 Å². The average molecular weight is 272 g/mol. The first kappa shape index (κ1) is 13.0. The number of anilines is 1. The van der Waals surface area contributed by atoms with Gasteiger partial charge in [-0.25, -0.2) is 4.90 Å². The number of Topliss-reactive ketones (excluding diaryl/α,β-unsaturated/α-hetero) is 1. The van der Waals surface area contributed by atoms with Crippen LogP contribution in [-0.4, -0.2) is 41.6 Å². The molecule has 0 N–H and O–H groups in total. The standard InChI is InChI=1S/C15H16N2O3/c18-12-6-8-16(9-7-12)13-10-14(19)17(15(13)20)11-4-2-1-3-5-11/h1-5,13H,6-10H2/t13-/m1/s1. The maximum Gasteiger partial charge on any atom is 0.251 e. The fraction of sp³-hybridized carbons (Fsp3) is 0.400. The van der Waals surface area contributed by atoms with E-state index in [1.54, 1.807) is 12.1 Å². The monoisotopic (exact) mass is 272 g/mol. The van der Waals surface area contributed by atoms with Crippen molar-refractivity contribution in [1.29, 1.82) is 0 Å². The second kappa shape index (κ2) is 5.17. The van der Waals surface area contributed by atoms with Gasteiger partial charge < -0.3 is 0 Å². The van der Waals surface area contributed by atoms with Gasteiger partial charge in [-0.1, -0.05) is 18.2 Å². The lowest BCUT2D eigenvalue weighted by Gasteiger charge is -2.29. The van der Waals surface area contributed by atoms with Crippen molar-refractivity contribution in [3.05, 3.63) is 30.3 Å². The molecule has 2 aliphatic heterocycles. The quantitative estimate of drug-likeness (QED) is 0.753. The van der Waals surface area contributed by atoms with E-state index in [-0.39, 0.29) is 24.0 Å². The van der Waals surface area contributed by atoms with E-state index in [4.69, 9.17) is 0 Å². The van der Waals surface area contributed by atoms with Gasteiger partial charge in [0.25, 0.3) is 5.91 Å². The topological polar surface area (TPSA) is 57.7 Å². The number of benzene rings is 1. The summed E-state index contributed by atoms with van der Waals surface area (Å²) in [5.74, 6) is -0.100. The third-order valence-electron chi connectivity index (χ3n) is 3.93. The van der Waals surface area contributed by atoms with Gasteiger partial charge in [-0.2, -0.15) is 0 Å². The SMILES string of the molecule is O=C1CCN([C@@H]2CC(=O)N(c3ccccc3)C2=O)CC1. The van der Waals surface area contributed by atoms with Crippen LogP contribution in [0.15, 0.2) is 30.3 Å². The fourth-order valence-corrected chi connectivity index (χ4v) is 2.83. The second-order valence-corrected chi connectivity index (χ2v) is 5.20. The number of imide groups is 1. The van der Waals surface area contributed by atoms with Gasteiger partial charge in [0, 0.05) is 25.9 Å². The van der Waals surface area contributed by atoms with Crippen LogP contribution >= 0.6 is 0 Å². The summed E-state index contributed by atoms with van der Waals surface area (Å²) in [4.78, 5) is 39.1. The molecule has 0 aromatic heterocycles. The van der Waals surface area contributed by atoms with Crippen molar-refractivity contribution in [2.45, 2.75) is 25.3 Å². The van der Waals surface area contributed by atoms with E-state index in [1.807, 2.05) is 23.1 Å². The summed E-state index contributed by atoms with van der Waals surface area (Å²) in [5.41, 5.74) is 0.623. The number of piperidine rings is 1. The van der Waals surface area contributed by atoms with Crippen LogP contribution in [0.1, 0.15) is 19.3 Å². The first-order chi connectivity index (χ1) is 9.66. The summed E-state index contributed by atoms with van der Waals surface area (Å²) in [6.45, 7) is 1.15. The Balaban J connectivity index is 1.79. The molecule has 2 fully saturated rings. The fourth-order valence-electron chi connectivity index (χ4n) is 2.83. The maximum absolute atomic E-state index is 12.5. The Kier molecular flexibility index (Phi) is 3.36. The highest BCUT2D eigenvalue weighted by atomic mass is 16.2. The number of carbonyl (C=O) groups is 3. The maximum atomic E-state index is 12.5. The highest BCUT2D eigenvalue weighted by Gasteiger charge is 2.43. The minimum atomic E-state index is -0.407. The second-order valence-electron chi connectivity index (χ2n) is 5.20. The summed E-state index contributed by atoms with van der Waals surface area (Å²) in [6, 6.07) is 8.58. The molecule has 5 heteroatoms. The van der Waals surface area contributed by atoms with E-state index in [9.17, 15) is 14.4 Å². The molecule has 0 spiro atoms. The summed E-state index contributed by atoms with van der Waals surface area (Å²) >= 11 is 0. The van der Waals surface area contributed by atoms with E-state index in [2.05, 4.69) is 0 Å². The van der Waals surface area contributed by atoms with Crippen LogP contribution in [0.2, 0.25) is 0 Å². The predicted molar refractivity (Wildman–Crippen MR) is 73.2 cm³/mol. The molecule has 1 aromatic rings. The Morgan fingerprint density at radius 3 is 2.25 bits per heavy atom.